The van der Waals surface area contributed by atoms with Crippen LogP contribution in [0.15, 0.2) is 103 Å². The first-order valence-corrected chi connectivity index (χ1v) is 10.3. The van der Waals surface area contributed by atoms with E-state index in [1.165, 1.54) is 0 Å². The molecule has 0 amide bonds. The van der Waals surface area contributed by atoms with E-state index >= 15 is 0 Å². The van der Waals surface area contributed by atoms with Crippen molar-refractivity contribution in [3.05, 3.63) is 131 Å². The van der Waals surface area contributed by atoms with Crippen LogP contribution in [0, 0.1) is 0 Å². The summed E-state index contributed by atoms with van der Waals surface area (Å²) < 4.78 is 0. The molecular weight excluding hydrogens is 380 g/mol. The minimum atomic E-state index is -0.113. The molecule has 0 bridgehead atoms. The number of hydrogen-bond donors (Lipinski definition) is 0. The zero-order chi connectivity index (χ0) is 21.2. The van der Waals surface area contributed by atoms with Gasteiger partial charge in [0.05, 0.1) is 0 Å². The lowest BCUT2D eigenvalue weighted by atomic mass is 9.83. The Labute approximate surface area is 181 Å². The van der Waals surface area contributed by atoms with Crippen molar-refractivity contribution in [1.82, 2.24) is 0 Å². The van der Waals surface area contributed by atoms with Gasteiger partial charge in [-0.1, -0.05) is 91.0 Å². The first kappa shape index (κ1) is 19.0. The van der Waals surface area contributed by atoms with E-state index in [0.29, 0.717) is 11.1 Å². The predicted octanol–water partition coefficient (Wildman–Crippen LogP) is 6.70. The molecule has 4 aliphatic rings. The summed E-state index contributed by atoms with van der Waals surface area (Å²) in [5.41, 5.74) is 8.57. The summed E-state index contributed by atoms with van der Waals surface area (Å²) in [5, 5.41) is 0. The van der Waals surface area contributed by atoms with E-state index in [1.807, 2.05) is 78.9 Å². The number of rotatable bonds is 5. The van der Waals surface area contributed by atoms with Crippen LogP contribution in [0.25, 0.3) is 22.3 Å². The van der Waals surface area contributed by atoms with E-state index in [9.17, 15) is 9.59 Å². The van der Waals surface area contributed by atoms with Crippen LogP contribution in [0.5, 0.6) is 0 Å². The number of carbonyl (C=O) groups excluding carboxylic acids is 2. The molecule has 0 saturated carbocycles. The summed E-state index contributed by atoms with van der Waals surface area (Å²) in [6, 6.07) is 34.2. The van der Waals surface area contributed by atoms with E-state index in [0.717, 1.165) is 51.5 Å². The zero-order valence-corrected chi connectivity index (χ0v) is 16.9. The molecule has 2 nitrogen and oxygen atoms in total. The third-order valence-corrected chi connectivity index (χ3v) is 5.95. The summed E-state index contributed by atoms with van der Waals surface area (Å²) >= 11 is 0. The number of benzene rings is 1. The SMILES string of the molecule is O=Cc1cc(C(c2ccccc2)c2cc(C=O)c3cccccc2-3)c2cccccc1-2. The molecule has 1 aromatic rings. The highest BCUT2D eigenvalue weighted by atomic mass is 16.1. The molecule has 0 saturated heterocycles. The number of hydrogen-bond acceptors (Lipinski definition) is 2. The summed E-state index contributed by atoms with van der Waals surface area (Å²) in [6.45, 7) is 0. The lowest BCUT2D eigenvalue weighted by Gasteiger charge is -2.19. The third kappa shape index (κ3) is 3.23. The Morgan fingerprint density at radius 2 is 0.871 bits per heavy atom. The highest BCUT2D eigenvalue weighted by Gasteiger charge is 2.28. The lowest BCUT2D eigenvalue weighted by molar-refractivity contribution is 0.111. The van der Waals surface area contributed by atoms with Crippen LogP contribution >= 0.6 is 0 Å². The molecule has 0 unspecified atom stereocenters. The van der Waals surface area contributed by atoms with E-state index in [1.54, 1.807) is 0 Å². The minimum absolute atomic E-state index is 0.113. The Hall–Kier alpha value is -4.04. The molecule has 148 valence electrons. The maximum Gasteiger partial charge on any atom is 0.150 e. The van der Waals surface area contributed by atoms with Crippen LogP contribution in [0.3, 0.4) is 0 Å². The molecule has 0 radical (unpaired) electrons. The highest BCUT2D eigenvalue weighted by molar-refractivity contribution is 5.95. The van der Waals surface area contributed by atoms with Gasteiger partial charge in [0.1, 0.15) is 0 Å². The molecule has 0 aliphatic heterocycles. The number of carbonyl (C=O) groups is 2. The van der Waals surface area contributed by atoms with E-state index < -0.39 is 0 Å². The molecule has 31 heavy (non-hydrogen) atoms. The van der Waals surface area contributed by atoms with Crippen LogP contribution in [0.2, 0.25) is 0 Å². The Balaban J connectivity index is 1.84. The van der Waals surface area contributed by atoms with E-state index in [2.05, 4.69) is 24.3 Å². The fourth-order valence-corrected chi connectivity index (χ4v) is 4.59. The van der Waals surface area contributed by atoms with Crippen LogP contribution in [-0.4, -0.2) is 12.6 Å². The maximum absolute atomic E-state index is 11.9. The first-order valence-electron chi connectivity index (χ1n) is 10.3. The molecule has 4 aliphatic carbocycles. The molecule has 0 heterocycles. The van der Waals surface area contributed by atoms with Gasteiger partial charge in [0.15, 0.2) is 12.6 Å². The summed E-state index contributed by atoms with van der Waals surface area (Å²) in [4.78, 5) is 23.8. The second kappa shape index (κ2) is 8.00. The monoisotopic (exact) mass is 400 g/mol. The average molecular weight is 400 g/mol. The lowest BCUT2D eigenvalue weighted by Crippen LogP contribution is -2.03. The molecular formula is C29H20O2. The molecule has 1 aromatic carbocycles. The van der Waals surface area contributed by atoms with E-state index in [4.69, 9.17) is 0 Å². The predicted molar refractivity (Wildman–Crippen MR) is 124 cm³/mol. The van der Waals surface area contributed by atoms with Gasteiger partial charge in [0.2, 0.25) is 0 Å². The smallest absolute Gasteiger partial charge is 0.150 e. The maximum atomic E-state index is 11.9. The van der Waals surface area contributed by atoms with Crippen LogP contribution in [-0.2, 0) is 0 Å². The molecule has 0 N–H and O–H groups in total. The fourth-order valence-electron chi connectivity index (χ4n) is 4.59. The Morgan fingerprint density at radius 3 is 1.29 bits per heavy atom. The van der Waals surface area contributed by atoms with Crippen molar-refractivity contribution < 1.29 is 9.59 Å². The Morgan fingerprint density at radius 1 is 0.484 bits per heavy atom. The summed E-state index contributed by atoms with van der Waals surface area (Å²) in [7, 11) is 0. The number of fused-ring (bicyclic) bond motifs is 2. The molecule has 0 aromatic heterocycles. The van der Waals surface area contributed by atoms with Crippen molar-refractivity contribution in [3.63, 3.8) is 0 Å². The Kier molecular flexibility index (Phi) is 4.89. The normalized spacial score (nSPS) is 11.1. The minimum Gasteiger partial charge on any atom is -0.298 e. The summed E-state index contributed by atoms with van der Waals surface area (Å²) in [5.74, 6) is -0.113. The van der Waals surface area contributed by atoms with Gasteiger partial charge >= 0.3 is 0 Å². The first-order chi connectivity index (χ1) is 15.3. The van der Waals surface area contributed by atoms with Gasteiger partial charge in [-0.2, -0.15) is 0 Å². The topological polar surface area (TPSA) is 34.1 Å². The fraction of sp³-hybridized carbons (Fsp3) is 0.0345. The third-order valence-electron chi connectivity index (χ3n) is 5.95. The zero-order valence-electron chi connectivity index (χ0n) is 16.9. The van der Waals surface area contributed by atoms with Crippen molar-refractivity contribution >= 4 is 12.6 Å². The van der Waals surface area contributed by atoms with Crippen molar-refractivity contribution in [2.24, 2.45) is 0 Å². The van der Waals surface area contributed by atoms with Gasteiger partial charge in [0, 0.05) is 17.0 Å². The van der Waals surface area contributed by atoms with Crippen LogP contribution in [0.4, 0.5) is 0 Å². The van der Waals surface area contributed by atoms with Gasteiger partial charge in [0.25, 0.3) is 0 Å². The highest BCUT2D eigenvalue weighted by Crippen LogP contribution is 2.46. The van der Waals surface area contributed by atoms with Crippen molar-refractivity contribution in [2.45, 2.75) is 5.92 Å². The Bertz CT molecular complexity index is 1240. The molecule has 0 fully saturated rings. The molecule has 0 atom stereocenters. The average Bonchev–Trinajstić information content (AvgIpc) is 3.07. The van der Waals surface area contributed by atoms with Crippen molar-refractivity contribution in [2.75, 3.05) is 0 Å². The standard InChI is InChI=1S/C29H20O2/c30-18-21-16-27(25-14-8-2-6-12-23(21)25)29(20-10-4-1-5-11-20)28-17-22(19-31)24-13-7-3-9-15-26(24)28/h1-19,29H. The molecule has 5 rings (SSSR count). The number of aldehydes is 2. The van der Waals surface area contributed by atoms with Crippen molar-refractivity contribution in [1.29, 1.82) is 0 Å². The van der Waals surface area contributed by atoms with Gasteiger partial charge < -0.3 is 0 Å². The van der Waals surface area contributed by atoms with Gasteiger partial charge in [-0.25, -0.2) is 0 Å². The second-order valence-electron chi connectivity index (χ2n) is 7.67. The second-order valence-corrected chi connectivity index (χ2v) is 7.67. The van der Waals surface area contributed by atoms with Gasteiger partial charge in [-0.15, -0.1) is 0 Å². The van der Waals surface area contributed by atoms with Crippen LogP contribution < -0.4 is 0 Å². The van der Waals surface area contributed by atoms with Crippen LogP contribution in [0.1, 0.15) is 43.3 Å². The van der Waals surface area contributed by atoms with Crippen molar-refractivity contribution in [3.8, 4) is 22.3 Å². The largest absolute Gasteiger partial charge is 0.298 e. The van der Waals surface area contributed by atoms with Gasteiger partial charge in [-0.3, -0.25) is 9.59 Å². The van der Waals surface area contributed by atoms with E-state index in [-0.39, 0.29) is 5.92 Å². The molecule has 2 heteroatoms. The molecule has 0 spiro atoms. The summed E-state index contributed by atoms with van der Waals surface area (Å²) in [6.07, 6.45) is 1.85. The quantitative estimate of drug-likeness (QED) is 0.308. The van der Waals surface area contributed by atoms with Gasteiger partial charge in [-0.05, 0) is 51.1 Å².